The van der Waals surface area contributed by atoms with Gasteiger partial charge in [0.25, 0.3) is 0 Å². The highest BCUT2D eigenvalue weighted by Gasteiger charge is 2.02. The van der Waals surface area contributed by atoms with Crippen LogP contribution >= 0.6 is 11.6 Å². The highest BCUT2D eigenvalue weighted by atomic mass is 35.5. The molecule has 4 nitrogen and oxygen atoms in total. The van der Waals surface area contributed by atoms with E-state index in [-0.39, 0.29) is 5.91 Å². The number of hydrogen-bond donors (Lipinski definition) is 1. The Morgan fingerprint density at radius 3 is 2.87 bits per heavy atom. The fraction of sp³-hybridized carbons (Fsp3) is 0.556. The molecular weight excluding hydrogens is 312 g/mol. The third kappa shape index (κ3) is 9.24. The predicted octanol–water partition coefficient (Wildman–Crippen LogP) is 4.88. The molecule has 0 atom stereocenters. The molecule has 0 unspecified atom stereocenters. The molecular formula is C18H27ClN2O2. The molecule has 23 heavy (non-hydrogen) atoms. The van der Waals surface area contributed by atoms with Gasteiger partial charge in [0.05, 0.1) is 6.61 Å². The SMILES string of the molecule is CCCCCCC=NNC(=O)CCCOc1ccc(Cl)cc1C. The largest absolute Gasteiger partial charge is 0.493 e. The first-order chi connectivity index (χ1) is 11.1. The molecule has 1 aromatic rings. The van der Waals surface area contributed by atoms with Crippen LogP contribution in [0.2, 0.25) is 5.02 Å². The molecule has 0 spiro atoms. The molecule has 128 valence electrons. The first kappa shape index (κ1) is 19.5. The fourth-order valence-corrected chi connectivity index (χ4v) is 2.32. The van der Waals surface area contributed by atoms with Crippen LogP contribution in [0.4, 0.5) is 0 Å². The number of hydrogen-bond acceptors (Lipinski definition) is 3. The zero-order valence-electron chi connectivity index (χ0n) is 14.1. The number of halogens is 1. The minimum Gasteiger partial charge on any atom is -0.493 e. The van der Waals surface area contributed by atoms with E-state index in [0.717, 1.165) is 24.2 Å². The molecule has 0 fully saturated rings. The van der Waals surface area contributed by atoms with E-state index in [1.807, 2.05) is 19.1 Å². The van der Waals surface area contributed by atoms with Crippen molar-refractivity contribution in [2.45, 2.75) is 58.8 Å². The molecule has 1 aromatic carbocycles. The quantitative estimate of drug-likeness (QED) is 0.355. The fourth-order valence-electron chi connectivity index (χ4n) is 2.09. The van der Waals surface area contributed by atoms with Gasteiger partial charge in [-0.2, -0.15) is 5.10 Å². The van der Waals surface area contributed by atoms with E-state index in [4.69, 9.17) is 16.3 Å². The Morgan fingerprint density at radius 1 is 1.30 bits per heavy atom. The number of benzene rings is 1. The van der Waals surface area contributed by atoms with Gasteiger partial charge in [0.15, 0.2) is 0 Å². The van der Waals surface area contributed by atoms with Crippen molar-refractivity contribution < 1.29 is 9.53 Å². The summed E-state index contributed by atoms with van der Waals surface area (Å²) < 4.78 is 5.65. The van der Waals surface area contributed by atoms with Crippen molar-refractivity contribution in [1.82, 2.24) is 5.43 Å². The van der Waals surface area contributed by atoms with Gasteiger partial charge < -0.3 is 4.74 Å². The van der Waals surface area contributed by atoms with E-state index < -0.39 is 0 Å². The van der Waals surface area contributed by atoms with Gasteiger partial charge in [-0.1, -0.05) is 37.8 Å². The monoisotopic (exact) mass is 338 g/mol. The van der Waals surface area contributed by atoms with E-state index >= 15 is 0 Å². The van der Waals surface area contributed by atoms with Crippen LogP contribution in [0.1, 0.15) is 57.4 Å². The third-order valence-electron chi connectivity index (χ3n) is 3.41. The Labute approximate surface area is 144 Å². The maximum atomic E-state index is 11.6. The van der Waals surface area contributed by atoms with Crippen LogP contribution in [0.15, 0.2) is 23.3 Å². The first-order valence-electron chi connectivity index (χ1n) is 8.32. The van der Waals surface area contributed by atoms with Gasteiger partial charge in [0, 0.05) is 17.7 Å². The summed E-state index contributed by atoms with van der Waals surface area (Å²) in [7, 11) is 0. The first-order valence-corrected chi connectivity index (χ1v) is 8.70. The minimum atomic E-state index is -0.0776. The molecule has 0 saturated carbocycles. The number of amides is 1. The second kappa shape index (κ2) is 11.9. The average Bonchev–Trinajstić information content (AvgIpc) is 2.52. The number of nitrogens with one attached hydrogen (secondary N) is 1. The van der Waals surface area contributed by atoms with Gasteiger partial charge in [-0.25, -0.2) is 5.43 Å². The molecule has 1 N–H and O–H groups in total. The lowest BCUT2D eigenvalue weighted by molar-refractivity contribution is -0.121. The number of aryl methyl sites for hydroxylation is 1. The number of carbonyl (C=O) groups excluding carboxylic acids is 1. The summed E-state index contributed by atoms with van der Waals surface area (Å²) in [6.07, 6.45) is 8.58. The van der Waals surface area contributed by atoms with E-state index in [9.17, 15) is 4.79 Å². The molecule has 0 radical (unpaired) electrons. The molecule has 0 bridgehead atoms. The molecule has 1 rings (SSSR count). The van der Waals surface area contributed by atoms with E-state index in [1.54, 1.807) is 12.3 Å². The van der Waals surface area contributed by atoms with Gasteiger partial charge in [-0.05, 0) is 49.9 Å². The zero-order chi connectivity index (χ0) is 16.9. The average molecular weight is 339 g/mol. The molecule has 0 heterocycles. The number of hydrazone groups is 1. The summed E-state index contributed by atoms with van der Waals surface area (Å²) in [4.78, 5) is 11.6. The van der Waals surface area contributed by atoms with Crippen LogP contribution in [-0.4, -0.2) is 18.7 Å². The van der Waals surface area contributed by atoms with Crippen molar-refractivity contribution in [3.8, 4) is 5.75 Å². The van der Waals surface area contributed by atoms with Crippen molar-refractivity contribution in [3.63, 3.8) is 0 Å². The number of unbranched alkanes of at least 4 members (excludes halogenated alkanes) is 4. The summed E-state index contributed by atoms with van der Waals surface area (Å²) >= 11 is 5.89. The maximum Gasteiger partial charge on any atom is 0.240 e. The maximum absolute atomic E-state index is 11.6. The molecule has 5 heteroatoms. The summed E-state index contributed by atoms with van der Waals surface area (Å²) in [5.41, 5.74) is 3.54. The summed E-state index contributed by atoms with van der Waals surface area (Å²) in [6.45, 7) is 4.63. The lowest BCUT2D eigenvalue weighted by Gasteiger charge is -2.08. The number of nitrogens with zero attached hydrogens (tertiary/aromatic N) is 1. The lowest BCUT2D eigenvalue weighted by atomic mass is 10.2. The Hall–Kier alpha value is -1.55. The van der Waals surface area contributed by atoms with Crippen molar-refractivity contribution >= 4 is 23.7 Å². The molecule has 0 aliphatic carbocycles. The Bertz CT molecular complexity index is 504. The number of rotatable bonds is 11. The highest BCUT2D eigenvalue weighted by molar-refractivity contribution is 6.30. The predicted molar refractivity (Wildman–Crippen MR) is 96.3 cm³/mol. The van der Waals surface area contributed by atoms with E-state index in [2.05, 4.69) is 17.5 Å². The normalized spacial score (nSPS) is 10.9. The second-order valence-corrected chi connectivity index (χ2v) is 5.99. The Kier molecular flexibility index (Phi) is 10.1. The molecule has 0 aromatic heterocycles. The van der Waals surface area contributed by atoms with Gasteiger partial charge in [0.2, 0.25) is 5.91 Å². The Balaban J connectivity index is 2.08. The van der Waals surface area contributed by atoms with Crippen LogP contribution in [0, 0.1) is 6.92 Å². The topological polar surface area (TPSA) is 50.7 Å². The van der Waals surface area contributed by atoms with Crippen LogP contribution in [0.25, 0.3) is 0 Å². The Morgan fingerprint density at radius 2 is 2.13 bits per heavy atom. The van der Waals surface area contributed by atoms with Crippen molar-refractivity contribution in [3.05, 3.63) is 28.8 Å². The number of ether oxygens (including phenoxy) is 1. The van der Waals surface area contributed by atoms with E-state index in [0.29, 0.717) is 24.5 Å². The van der Waals surface area contributed by atoms with Crippen molar-refractivity contribution in [2.75, 3.05) is 6.61 Å². The van der Waals surface area contributed by atoms with E-state index in [1.165, 1.54) is 19.3 Å². The van der Waals surface area contributed by atoms with Gasteiger partial charge in [-0.3, -0.25) is 4.79 Å². The van der Waals surface area contributed by atoms with Crippen molar-refractivity contribution in [2.24, 2.45) is 5.10 Å². The van der Waals surface area contributed by atoms with Crippen LogP contribution in [0.3, 0.4) is 0 Å². The summed E-state index contributed by atoms with van der Waals surface area (Å²) in [5.74, 6) is 0.728. The van der Waals surface area contributed by atoms with Crippen LogP contribution in [-0.2, 0) is 4.79 Å². The summed E-state index contributed by atoms with van der Waals surface area (Å²) in [6, 6.07) is 5.51. The van der Waals surface area contributed by atoms with Gasteiger partial charge in [-0.15, -0.1) is 0 Å². The molecule has 1 amide bonds. The molecule has 0 saturated heterocycles. The van der Waals surface area contributed by atoms with Gasteiger partial charge >= 0.3 is 0 Å². The number of carbonyl (C=O) groups is 1. The van der Waals surface area contributed by atoms with Gasteiger partial charge in [0.1, 0.15) is 5.75 Å². The smallest absolute Gasteiger partial charge is 0.240 e. The second-order valence-electron chi connectivity index (χ2n) is 5.56. The zero-order valence-corrected chi connectivity index (χ0v) is 14.9. The minimum absolute atomic E-state index is 0.0776. The standard InChI is InChI=1S/C18H27ClN2O2/c1-3-4-5-6-7-12-20-21-18(22)9-8-13-23-17-11-10-16(19)14-15(17)2/h10-12,14H,3-9,13H2,1-2H3,(H,21,22). The highest BCUT2D eigenvalue weighted by Crippen LogP contribution is 2.21. The summed E-state index contributed by atoms with van der Waals surface area (Å²) in [5, 5.41) is 4.65. The molecule has 0 aliphatic rings. The van der Waals surface area contributed by atoms with Crippen LogP contribution in [0.5, 0.6) is 5.75 Å². The lowest BCUT2D eigenvalue weighted by Crippen LogP contribution is -2.18. The third-order valence-corrected chi connectivity index (χ3v) is 3.65. The van der Waals surface area contributed by atoms with Crippen LogP contribution < -0.4 is 10.2 Å². The molecule has 0 aliphatic heterocycles. The van der Waals surface area contributed by atoms with Crippen molar-refractivity contribution in [1.29, 1.82) is 0 Å².